The van der Waals surface area contributed by atoms with Crippen molar-refractivity contribution in [3.05, 3.63) is 41.7 Å². The number of hydrogen-bond acceptors (Lipinski definition) is 4. The first kappa shape index (κ1) is 10.4. The lowest BCUT2D eigenvalue weighted by Crippen LogP contribution is -2.41. The van der Waals surface area contributed by atoms with E-state index in [2.05, 4.69) is 34.4 Å². The Labute approximate surface area is 105 Å². The number of rotatable bonds is 1. The molecule has 1 aromatic carbocycles. The molecule has 0 aromatic heterocycles. The van der Waals surface area contributed by atoms with E-state index >= 15 is 0 Å². The molecule has 0 aliphatic carbocycles. The van der Waals surface area contributed by atoms with Gasteiger partial charge in [0.15, 0.2) is 0 Å². The van der Waals surface area contributed by atoms with Crippen molar-refractivity contribution in [2.75, 3.05) is 12.1 Å². The number of allylic oxidation sites excluding steroid dienone is 1. The zero-order valence-electron chi connectivity index (χ0n) is 9.68. The molecule has 1 atom stereocenters. The van der Waals surface area contributed by atoms with Crippen molar-refractivity contribution in [1.29, 1.82) is 0 Å². The number of fused-ring (bicyclic) bond motifs is 1. The Morgan fingerprint density at radius 2 is 2.00 bits per heavy atom. The third-order valence-electron chi connectivity index (χ3n) is 3.14. The van der Waals surface area contributed by atoms with Crippen LogP contribution in [0.25, 0.3) is 0 Å². The molecule has 1 aromatic rings. The quantitative estimate of drug-likeness (QED) is 0.764. The fourth-order valence-electron chi connectivity index (χ4n) is 2.19. The zero-order valence-corrected chi connectivity index (χ0v) is 10.5. The van der Waals surface area contributed by atoms with Crippen LogP contribution >= 0.6 is 12.2 Å². The molecule has 2 aliphatic heterocycles. The number of nitrogens with one attached hydrogen (secondary N) is 1. The van der Waals surface area contributed by atoms with Gasteiger partial charge in [-0.15, -0.1) is 0 Å². The topological polar surface area (TPSA) is 27.7 Å². The van der Waals surface area contributed by atoms with E-state index in [-0.39, 0.29) is 6.23 Å². The van der Waals surface area contributed by atoms with Gasteiger partial charge in [0.25, 0.3) is 5.17 Å². The smallest absolute Gasteiger partial charge is 0.263 e. The fourth-order valence-corrected chi connectivity index (χ4v) is 2.39. The highest BCUT2D eigenvalue weighted by Crippen LogP contribution is 2.34. The second-order valence-corrected chi connectivity index (χ2v) is 4.46. The summed E-state index contributed by atoms with van der Waals surface area (Å²) in [7, 11) is 2.02. The molecule has 3 rings (SSSR count). The number of hydrazine groups is 1. The maximum absolute atomic E-state index is 5.64. The van der Waals surface area contributed by atoms with E-state index in [1.54, 1.807) is 0 Å². The number of hydrogen-bond donors (Lipinski definition) is 1. The third kappa shape index (κ3) is 1.46. The van der Waals surface area contributed by atoms with Gasteiger partial charge in [-0.3, -0.25) is 5.01 Å². The minimum absolute atomic E-state index is 0.158. The molecule has 5 heteroatoms. The number of benzene rings is 1. The van der Waals surface area contributed by atoms with Gasteiger partial charge in [0.1, 0.15) is 5.70 Å². The fraction of sp³-hybridized carbons (Fsp3) is 0.250. The SMILES string of the molecule is CC1=C2NC(=S)OC2N(c2ccccc2)N1C. The number of thiocarbonyl (C=S) groups is 1. The van der Waals surface area contributed by atoms with Gasteiger partial charge in [-0.2, -0.15) is 0 Å². The van der Waals surface area contributed by atoms with Gasteiger partial charge in [-0.25, -0.2) is 5.01 Å². The average molecular weight is 247 g/mol. The Balaban J connectivity index is 2.01. The van der Waals surface area contributed by atoms with E-state index < -0.39 is 0 Å². The number of para-hydroxylation sites is 1. The first-order valence-electron chi connectivity index (χ1n) is 5.45. The highest BCUT2D eigenvalue weighted by molar-refractivity contribution is 7.80. The molecule has 88 valence electrons. The maximum Gasteiger partial charge on any atom is 0.263 e. The van der Waals surface area contributed by atoms with Crippen molar-refractivity contribution in [1.82, 2.24) is 10.3 Å². The molecule has 1 fully saturated rings. The van der Waals surface area contributed by atoms with Crippen LogP contribution in [0.4, 0.5) is 5.69 Å². The van der Waals surface area contributed by atoms with Crippen LogP contribution in [0.3, 0.4) is 0 Å². The highest BCUT2D eigenvalue weighted by atomic mass is 32.1. The number of anilines is 1. The van der Waals surface area contributed by atoms with Crippen LogP contribution in [-0.2, 0) is 4.74 Å². The zero-order chi connectivity index (χ0) is 12.0. The van der Waals surface area contributed by atoms with E-state index in [1.807, 2.05) is 25.2 Å². The normalized spacial score (nSPS) is 22.7. The Bertz CT molecular complexity index is 500. The molecule has 4 nitrogen and oxygen atoms in total. The largest absolute Gasteiger partial charge is 0.439 e. The van der Waals surface area contributed by atoms with Crippen LogP contribution in [0.5, 0.6) is 0 Å². The predicted octanol–water partition coefficient (Wildman–Crippen LogP) is 1.82. The van der Waals surface area contributed by atoms with Crippen molar-refractivity contribution in [3.8, 4) is 0 Å². The van der Waals surface area contributed by atoms with Crippen LogP contribution in [0, 0.1) is 0 Å². The van der Waals surface area contributed by atoms with E-state index in [0.717, 1.165) is 17.1 Å². The molecule has 0 amide bonds. The summed E-state index contributed by atoms with van der Waals surface area (Å²) in [6, 6.07) is 10.1. The summed E-state index contributed by atoms with van der Waals surface area (Å²) in [6.07, 6.45) is -0.158. The number of nitrogens with zero attached hydrogens (tertiary/aromatic N) is 2. The molecule has 0 spiro atoms. The van der Waals surface area contributed by atoms with Gasteiger partial charge < -0.3 is 10.1 Å². The molecule has 0 bridgehead atoms. The van der Waals surface area contributed by atoms with Gasteiger partial charge in [0.05, 0.1) is 11.4 Å². The minimum atomic E-state index is -0.158. The number of ether oxygens (including phenoxy) is 1. The Morgan fingerprint density at radius 3 is 2.71 bits per heavy atom. The van der Waals surface area contributed by atoms with Gasteiger partial charge in [0.2, 0.25) is 6.23 Å². The standard InChI is InChI=1S/C12H13N3OS/c1-8-10-11(16-12(17)13-10)15(14(8)2)9-6-4-3-5-7-9/h3-7,11H,1-2H3,(H,13,17). The molecule has 1 saturated heterocycles. The van der Waals surface area contributed by atoms with E-state index in [0.29, 0.717) is 5.17 Å². The molecule has 0 saturated carbocycles. The molecular formula is C12H13N3OS. The van der Waals surface area contributed by atoms with Crippen molar-refractivity contribution in [2.45, 2.75) is 13.2 Å². The van der Waals surface area contributed by atoms with Gasteiger partial charge >= 0.3 is 0 Å². The lowest BCUT2D eigenvalue weighted by atomic mass is 10.3. The molecular weight excluding hydrogens is 234 g/mol. The van der Waals surface area contributed by atoms with Crippen molar-refractivity contribution >= 4 is 23.1 Å². The van der Waals surface area contributed by atoms with Crippen LogP contribution in [-0.4, -0.2) is 23.5 Å². The molecule has 0 radical (unpaired) electrons. The van der Waals surface area contributed by atoms with Gasteiger partial charge in [-0.1, -0.05) is 18.2 Å². The summed E-state index contributed by atoms with van der Waals surface area (Å²) < 4.78 is 5.64. The van der Waals surface area contributed by atoms with Crippen LogP contribution in [0.15, 0.2) is 41.7 Å². The van der Waals surface area contributed by atoms with E-state index in [9.17, 15) is 0 Å². The third-order valence-corrected chi connectivity index (χ3v) is 3.34. The Kier molecular flexibility index (Phi) is 2.22. The molecule has 2 aliphatic rings. The highest BCUT2D eigenvalue weighted by Gasteiger charge is 2.42. The summed E-state index contributed by atoms with van der Waals surface area (Å²) in [6.45, 7) is 2.05. The average Bonchev–Trinajstić information content (AvgIpc) is 2.80. The first-order chi connectivity index (χ1) is 8.18. The van der Waals surface area contributed by atoms with Gasteiger partial charge in [-0.05, 0) is 31.3 Å². The van der Waals surface area contributed by atoms with E-state index in [4.69, 9.17) is 17.0 Å². The van der Waals surface area contributed by atoms with Crippen LogP contribution < -0.4 is 10.3 Å². The van der Waals surface area contributed by atoms with Crippen LogP contribution in [0.2, 0.25) is 0 Å². The molecule has 1 unspecified atom stereocenters. The van der Waals surface area contributed by atoms with Gasteiger partial charge in [0, 0.05) is 7.05 Å². The summed E-state index contributed by atoms with van der Waals surface area (Å²) in [5.41, 5.74) is 3.24. The second kappa shape index (κ2) is 3.63. The van der Waals surface area contributed by atoms with Crippen LogP contribution in [0.1, 0.15) is 6.92 Å². The molecule has 1 N–H and O–H groups in total. The Hall–Kier alpha value is -1.75. The summed E-state index contributed by atoms with van der Waals surface area (Å²) in [4.78, 5) is 0. The van der Waals surface area contributed by atoms with Crippen molar-refractivity contribution in [3.63, 3.8) is 0 Å². The predicted molar refractivity (Wildman–Crippen MR) is 70.0 cm³/mol. The first-order valence-corrected chi connectivity index (χ1v) is 5.85. The molecule has 17 heavy (non-hydrogen) atoms. The lowest BCUT2D eigenvalue weighted by Gasteiger charge is -2.32. The maximum atomic E-state index is 5.64. The van der Waals surface area contributed by atoms with E-state index in [1.165, 1.54) is 0 Å². The summed E-state index contributed by atoms with van der Waals surface area (Å²) >= 11 is 5.06. The lowest BCUT2D eigenvalue weighted by molar-refractivity contribution is 0.205. The van der Waals surface area contributed by atoms with Crippen molar-refractivity contribution < 1.29 is 4.74 Å². The summed E-state index contributed by atoms with van der Waals surface area (Å²) in [5, 5.41) is 7.70. The van der Waals surface area contributed by atoms with Crippen molar-refractivity contribution in [2.24, 2.45) is 0 Å². The monoisotopic (exact) mass is 247 g/mol. The summed E-state index contributed by atoms with van der Waals surface area (Å²) in [5.74, 6) is 0. The minimum Gasteiger partial charge on any atom is -0.439 e. The second-order valence-electron chi connectivity index (χ2n) is 4.09. The Morgan fingerprint density at radius 1 is 1.29 bits per heavy atom. The molecule has 2 heterocycles.